The molecule has 0 bridgehead atoms. The minimum Gasteiger partial charge on any atom is -0.494 e. The van der Waals surface area contributed by atoms with Crippen molar-refractivity contribution in [3.8, 4) is 5.75 Å². The molecular weight excluding hydrogens is 278 g/mol. The molecule has 0 aliphatic carbocycles. The lowest BCUT2D eigenvalue weighted by Crippen LogP contribution is -2.17. The van der Waals surface area contributed by atoms with E-state index >= 15 is 0 Å². The van der Waals surface area contributed by atoms with Gasteiger partial charge >= 0.3 is 0 Å². The second kappa shape index (κ2) is 7.83. The number of ether oxygens (including phenoxy) is 1. The normalized spacial score (nSPS) is 10.6. The summed E-state index contributed by atoms with van der Waals surface area (Å²) < 4.78 is 5.50. The standard InChI is InChI=1S/C17H19N3O2/c1-2-10-22-16-8-6-13(7-9-16)12-19-20-17(21)14-4-3-5-15(18)11-14/h3-9,11-12H,2,10,18H2,1H3,(H,20,21)/b19-12-. The van der Waals surface area contributed by atoms with Crippen molar-refractivity contribution in [2.45, 2.75) is 13.3 Å². The number of amides is 1. The first-order valence-corrected chi connectivity index (χ1v) is 7.11. The van der Waals surface area contributed by atoms with Crippen LogP contribution in [0.2, 0.25) is 0 Å². The molecule has 0 saturated heterocycles. The predicted octanol–water partition coefficient (Wildman–Crippen LogP) is 2.82. The fourth-order valence-corrected chi connectivity index (χ4v) is 1.78. The third kappa shape index (κ3) is 4.63. The van der Waals surface area contributed by atoms with E-state index in [2.05, 4.69) is 17.5 Å². The number of nitrogen functional groups attached to an aromatic ring is 1. The fraction of sp³-hybridized carbons (Fsp3) is 0.176. The van der Waals surface area contributed by atoms with Crippen molar-refractivity contribution in [2.75, 3.05) is 12.3 Å². The molecular formula is C17H19N3O2. The van der Waals surface area contributed by atoms with Gasteiger partial charge in [-0.3, -0.25) is 4.79 Å². The Morgan fingerprint density at radius 3 is 2.73 bits per heavy atom. The van der Waals surface area contributed by atoms with E-state index in [1.807, 2.05) is 24.3 Å². The highest BCUT2D eigenvalue weighted by atomic mass is 16.5. The van der Waals surface area contributed by atoms with Crippen LogP contribution in [0.3, 0.4) is 0 Å². The molecule has 22 heavy (non-hydrogen) atoms. The second-order valence-electron chi connectivity index (χ2n) is 4.74. The minimum absolute atomic E-state index is 0.300. The van der Waals surface area contributed by atoms with Crippen molar-refractivity contribution in [2.24, 2.45) is 5.10 Å². The molecule has 0 aliphatic rings. The molecule has 0 fully saturated rings. The monoisotopic (exact) mass is 297 g/mol. The Hall–Kier alpha value is -2.82. The number of hydrogen-bond donors (Lipinski definition) is 2. The van der Waals surface area contributed by atoms with Crippen LogP contribution in [0, 0.1) is 0 Å². The van der Waals surface area contributed by atoms with Crippen LogP contribution in [0.1, 0.15) is 29.3 Å². The summed E-state index contributed by atoms with van der Waals surface area (Å²) >= 11 is 0. The van der Waals surface area contributed by atoms with Crippen molar-refractivity contribution >= 4 is 17.8 Å². The summed E-state index contributed by atoms with van der Waals surface area (Å²) in [4.78, 5) is 11.9. The van der Waals surface area contributed by atoms with Crippen LogP contribution >= 0.6 is 0 Å². The van der Waals surface area contributed by atoms with Crippen molar-refractivity contribution in [1.82, 2.24) is 5.43 Å². The van der Waals surface area contributed by atoms with E-state index in [0.29, 0.717) is 17.9 Å². The first-order valence-electron chi connectivity index (χ1n) is 7.11. The number of anilines is 1. The van der Waals surface area contributed by atoms with Crippen LogP contribution in [0.4, 0.5) is 5.69 Å². The Morgan fingerprint density at radius 2 is 2.05 bits per heavy atom. The quantitative estimate of drug-likeness (QED) is 0.489. The van der Waals surface area contributed by atoms with Gasteiger partial charge < -0.3 is 10.5 Å². The van der Waals surface area contributed by atoms with Gasteiger partial charge in [0, 0.05) is 11.3 Å². The van der Waals surface area contributed by atoms with E-state index in [1.165, 1.54) is 0 Å². The number of nitrogens with one attached hydrogen (secondary N) is 1. The van der Waals surface area contributed by atoms with Crippen LogP contribution in [-0.4, -0.2) is 18.7 Å². The van der Waals surface area contributed by atoms with Gasteiger partial charge in [0.15, 0.2) is 0 Å². The molecule has 0 unspecified atom stereocenters. The lowest BCUT2D eigenvalue weighted by molar-refractivity contribution is 0.0955. The molecule has 0 saturated carbocycles. The van der Waals surface area contributed by atoms with Crippen molar-refractivity contribution < 1.29 is 9.53 Å². The molecule has 0 radical (unpaired) electrons. The molecule has 0 heterocycles. The van der Waals surface area contributed by atoms with Crippen molar-refractivity contribution in [1.29, 1.82) is 0 Å². The van der Waals surface area contributed by atoms with Gasteiger partial charge in [-0.2, -0.15) is 5.10 Å². The maximum atomic E-state index is 11.9. The number of benzene rings is 2. The maximum absolute atomic E-state index is 11.9. The number of hydrazone groups is 1. The Balaban J connectivity index is 1.90. The zero-order valence-corrected chi connectivity index (χ0v) is 12.5. The lowest BCUT2D eigenvalue weighted by atomic mass is 10.2. The molecule has 0 spiro atoms. The van der Waals surface area contributed by atoms with E-state index in [-0.39, 0.29) is 5.91 Å². The van der Waals surface area contributed by atoms with E-state index in [0.717, 1.165) is 17.7 Å². The van der Waals surface area contributed by atoms with Crippen molar-refractivity contribution in [3.63, 3.8) is 0 Å². The first kappa shape index (κ1) is 15.6. The Labute approximate surface area is 129 Å². The van der Waals surface area contributed by atoms with E-state index < -0.39 is 0 Å². The van der Waals surface area contributed by atoms with Gasteiger partial charge in [0.2, 0.25) is 0 Å². The number of rotatable bonds is 6. The van der Waals surface area contributed by atoms with Gasteiger partial charge in [0.05, 0.1) is 12.8 Å². The van der Waals surface area contributed by atoms with Gasteiger partial charge in [-0.15, -0.1) is 0 Å². The van der Waals surface area contributed by atoms with Crippen LogP contribution in [-0.2, 0) is 0 Å². The van der Waals surface area contributed by atoms with E-state index in [9.17, 15) is 4.79 Å². The molecule has 2 rings (SSSR count). The smallest absolute Gasteiger partial charge is 0.271 e. The molecule has 3 N–H and O–H groups in total. The summed E-state index contributed by atoms with van der Waals surface area (Å²) in [6.07, 6.45) is 2.55. The molecule has 2 aromatic carbocycles. The van der Waals surface area contributed by atoms with Gasteiger partial charge in [-0.1, -0.05) is 13.0 Å². The lowest BCUT2D eigenvalue weighted by Gasteiger charge is -2.04. The molecule has 5 heteroatoms. The van der Waals surface area contributed by atoms with Crippen LogP contribution < -0.4 is 15.9 Å². The minimum atomic E-state index is -0.300. The summed E-state index contributed by atoms with van der Waals surface area (Å²) in [7, 11) is 0. The molecule has 5 nitrogen and oxygen atoms in total. The predicted molar refractivity (Wildman–Crippen MR) is 88.1 cm³/mol. The SMILES string of the molecule is CCCOc1ccc(/C=N\NC(=O)c2cccc(N)c2)cc1. The van der Waals surface area contributed by atoms with Crippen LogP contribution in [0.25, 0.3) is 0 Å². The average molecular weight is 297 g/mol. The summed E-state index contributed by atoms with van der Waals surface area (Å²) in [6, 6.07) is 14.2. The molecule has 114 valence electrons. The molecule has 0 aromatic heterocycles. The number of nitrogens with two attached hydrogens (primary N) is 1. The van der Waals surface area contributed by atoms with E-state index in [4.69, 9.17) is 10.5 Å². The molecule has 1 amide bonds. The Kier molecular flexibility index (Phi) is 5.54. The third-order valence-corrected chi connectivity index (χ3v) is 2.88. The zero-order chi connectivity index (χ0) is 15.8. The number of carbonyl (C=O) groups excluding carboxylic acids is 1. The van der Waals surface area contributed by atoms with Gasteiger partial charge in [0.1, 0.15) is 5.75 Å². The molecule has 2 aromatic rings. The van der Waals surface area contributed by atoms with Gasteiger partial charge in [-0.25, -0.2) is 5.43 Å². The highest BCUT2D eigenvalue weighted by Gasteiger charge is 2.03. The first-order chi connectivity index (χ1) is 10.7. The highest BCUT2D eigenvalue weighted by molar-refractivity contribution is 5.95. The van der Waals surface area contributed by atoms with Gasteiger partial charge in [0.25, 0.3) is 5.91 Å². The Bertz CT molecular complexity index is 651. The molecule has 0 aliphatic heterocycles. The second-order valence-corrected chi connectivity index (χ2v) is 4.74. The number of carbonyl (C=O) groups is 1. The van der Waals surface area contributed by atoms with Crippen LogP contribution in [0.15, 0.2) is 53.6 Å². The number of hydrogen-bond acceptors (Lipinski definition) is 4. The summed E-state index contributed by atoms with van der Waals surface area (Å²) in [5.74, 6) is 0.522. The topological polar surface area (TPSA) is 76.7 Å². The largest absolute Gasteiger partial charge is 0.494 e. The van der Waals surface area contributed by atoms with Crippen molar-refractivity contribution in [3.05, 3.63) is 59.7 Å². The average Bonchev–Trinajstić information content (AvgIpc) is 2.54. The number of nitrogens with zero attached hydrogens (tertiary/aromatic N) is 1. The van der Waals surface area contributed by atoms with E-state index in [1.54, 1.807) is 30.5 Å². The summed E-state index contributed by atoms with van der Waals surface area (Å²) in [5.41, 5.74) is 9.99. The van der Waals surface area contributed by atoms with Gasteiger partial charge in [-0.05, 0) is 54.4 Å². The maximum Gasteiger partial charge on any atom is 0.271 e. The highest BCUT2D eigenvalue weighted by Crippen LogP contribution is 2.11. The Morgan fingerprint density at radius 1 is 1.27 bits per heavy atom. The molecule has 0 atom stereocenters. The van der Waals surface area contributed by atoms with Crippen LogP contribution in [0.5, 0.6) is 5.75 Å². The third-order valence-electron chi connectivity index (χ3n) is 2.88. The fourth-order valence-electron chi connectivity index (χ4n) is 1.78. The summed E-state index contributed by atoms with van der Waals surface area (Å²) in [6.45, 7) is 2.76. The summed E-state index contributed by atoms with van der Waals surface area (Å²) in [5, 5.41) is 3.93. The zero-order valence-electron chi connectivity index (χ0n) is 12.5.